The fourth-order valence-corrected chi connectivity index (χ4v) is 4.62. The number of carbonyl (C=O) groups excluding carboxylic acids is 2. The average Bonchev–Trinajstić information content (AvgIpc) is 3.16. The van der Waals surface area contributed by atoms with Gasteiger partial charge < -0.3 is 10.2 Å². The van der Waals surface area contributed by atoms with Gasteiger partial charge in [0.05, 0.1) is 34.1 Å². The van der Waals surface area contributed by atoms with Gasteiger partial charge in [-0.1, -0.05) is 0 Å². The molecular weight excluding hydrogens is 448 g/mol. The number of anilines is 2. The van der Waals surface area contributed by atoms with Crippen LogP contribution in [0.5, 0.6) is 0 Å². The standard InChI is InChI=1S/C21H14F4N4O2S/c1-20-8-13-15(6-5-12(16(13)22)17(30)27-2)29(20)19(32)28(18(20)31)11-4-3-10(9-26)14(7-11)21(23,24)25/h3-7H,8H2,1-2H3,(H,27,30). The minimum Gasteiger partial charge on any atom is -0.355 e. The topological polar surface area (TPSA) is 76.4 Å². The number of carbonyl (C=O) groups is 2. The summed E-state index contributed by atoms with van der Waals surface area (Å²) in [5, 5.41) is 11.2. The predicted octanol–water partition coefficient (Wildman–Crippen LogP) is 3.53. The molecule has 1 saturated heterocycles. The van der Waals surface area contributed by atoms with Gasteiger partial charge in [-0.2, -0.15) is 18.4 Å². The molecule has 1 unspecified atom stereocenters. The van der Waals surface area contributed by atoms with E-state index in [9.17, 15) is 22.8 Å². The summed E-state index contributed by atoms with van der Waals surface area (Å²) >= 11 is 5.42. The van der Waals surface area contributed by atoms with Crippen molar-refractivity contribution in [1.29, 1.82) is 5.26 Å². The van der Waals surface area contributed by atoms with E-state index in [2.05, 4.69) is 5.32 Å². The van der Waals surface area contributed by atoms with Crippen LogP contribution in [-0.2, 0) is 17.4 Å². The molecule has 1 atom stereocenters. The number of benzene rings is 2. The van der Waals surface area contributed by atoms with Crippen molar-refractivity contribution in [1.82, 2.24) is 5.32 Å². The highest BCUT2D eigenvalue weighted by atomic mass is 32.1. The average molecular weight is 462 g/mol. The molecule has 2 aliphatic heterocycles. The van der Waals surface area contributed by atoms with Crippen molar-refractivity contribution in [3.63, 3.8) is 0 Å². The van der Waals surface area contributed by atoms with Crippen LogP contribution >= 0.6 is 12.2 Å². The molecule has 1 fully saturated rings. The van der Waals surface area contributed by atoms with Crippen LogP contribution in [0.1, 0.15) is 34.0 Å². The highest BCUT2D eigenvalue weighted by Crippen LogP contribution is 2.47. The van der Waals surface area contributed by atoms with Crippen LogP contribution in [0.3, 0.4) is 0 Å². The number of thiocarbonyl (C=S) groups is 1. The van der Waals surface area contributed by atoms with Crippen molar-refractivity contribution >= 4 is 40.5 Å². The number of alkyl halides is 3. The largest absolute Gasteiger partial charge is 0.417 e. The second-order valence-electron chi connectivity index (χ2n) is 7.55. The Hall–Kier alpha value is -3.52. The molecule has 1 N–H and O–H groups in total. The summed E-state index contributed by atoms with van der Waals surface area (Å²) in [4.78, 5) is 27.6. The van der Waals surface area contributed by atoms with Crippen LogP contribution in [0.25, 0.3) is 0 Å². The van der Waals surface area contributed by atoms with Crippen molar-refractivity contribution in [2.45, 2.75) is 25.1 Å². The molecule has 32 heavy (non-hydrogen) atoms. The monoisotopic (exact) mass is 462 g/mol. The normalized spacial score (nSPS) is 19.7. The van der Waals surface area contributed by atoms with Gasteiger partial charge in [-0.05, 0) is 49.5 Å². The molecular formula is C21H14F4N4O2S. The number of nitrogens with zero attached hydrogens (tertiary/aromatic N) is 3. The Kier molecular flexibility index (Phi) is 4.74. The Balaban J connectivity index is 1.81. The third kappa shape index (κ3) is 2.86. The van der Waals surface area contributed by atoms with Gasteiger partial charge in [-0.25, -0.2) is 4.39 Å². The number of rotatable bonds is 2. The van der Waals surface area contributed by atoms with Crippen LogP contribution in [-0.4, -0.2) is 29.5 Å². The molecule has 0 aliphatic carbocycles. The zero-order valence-electron chi connectivity index (χ0n) is 16.7. The molecule has 0 radical (unpaired) electrons. The zero-order valence-corrected chi connectivity index (χ0v) is 17.5. The summed E-state index contributed by atoms with van der Waals surface area (Å²) in [5.74, 6) is -2.05. The first-order valence-electron chi connectivity index (χ1n) is 9.29. The minimum absolute atomic E-state index is 0.124. The summed E-state index contributed by atoms with van der Waals surface area (Å²) in [6.45, 7) is 1.51. The molecule has 11 heteroatoms. The van der Waals surface area contributed by atoms with Crippen LogP contribution in [0, 0.1) is 17.1 Å². The van der Waals surface area contributed by atoms with Crippen LogP contribution in [0.2, 0.25) is 0 Å². The van der Waals surface area contributed by atoms with Crippen molar-refractivity contribution in [2.75, 3.05) is 16.8 Å². The number of halogens is 4. The second-order valence-corrected chi connectivity index (χ2v) is 7.92. The maximum absolute atomic E-state index is 15.0. The van der Waals surface area contributed by atoms with E-state index in [0.29, 0.717) is 6.07 Å². The van der Waals surface area contributed by atoms with E-state index < -0.39 is 40.5 Å². The zero-order chi connectivity index (χ0) is 23.6. The van der Waals surface area contributed by atoms with Crippen LogP contribution in [0.4, 0.5) is 28.9 Å². The lowest BCUT2D eigenvalue weighted by molar-refractivity contribution is -0.137. The van der Waals surface area contributed by atoms with Crippen molar-refractivity contribution < 1.29 is 27.2 Å². The van der Waals surface area contributed by atoms with Crippen molar-refractivity contribution in [3.05, 3.63) is 58.4 Å². The molecule has 0 saturated carbocycles. The molecule has 0 spiro atoms. The molecule has 2 heterocycles. The van der Waals surface area contributed by atoms with Crippen molar-refractivity contribution in [2.24, 2.45) is 0 Å². The summed E-state index contributed by atoms with van der Waals surface area (Å²) < 4.78 is 55.2. The Bertz CT molecular complexity index is 1250. The lowest BCUT2D eigenvalue weighted by Crippen LogP contribution is -2.45. The molecule has 2 aromatic carbocycles. The van der Waals surface area contributed by atoms with Gasteiger partial charge in [0.2, 0.25) is 0 Å². The van der Waals surface area contributed by atoms with Crippen LogP contribution < -0.4 is 15.1 Å². The molecule has 4 rings (SSSR count). The first-order chi connectivity index (χ1) is 15.0. The number of hydrogen-bond donors (Lipinski definition) is 1. The maximum atomic E-state index is 15.0. The minimum atomic E-state index is -4.81. The number of nitrogens with one attached hydrogen (secondary N) is 1. The van der Waals surface area contributed by atoms with Crippen LogP contribution in [0.15, 0.2) is 30.3 Å². The third-order valence-electron chi connectivity index (χ3n) is 5.68. The smallest absolute Gasteiger partial charge is 0.355 e. The second kappa shape index (κ2) is 7.00. The fraction of sp³-hybridized carbons (Fsp3) is 0.238. The first-order valence-corrected chi connectivity index (χ1v) is 9.70. The summed E-state index contributed by atoms with van der Waals surface area (Å²) in [5.41, 5.74) is -3.10. The number of nitriles is 1. The molecule has 164 valence electrons. The summed E-state index contributed by atoms with van der Waals surface area (Å²) in [6.07, 6.45) is -4.94. The first kappa shape index (κ1) is 21.7. The fourth-order valence-electron chi connectivity index (χ4n) is 4.13. The Labute approximate surface area is 185 Å². The van der Waals surface area contributed by atoms with Crippen molar-refractivity contribution in [3.8, 4) is 6.07 Å². The van der Waals surface area contributed by atoms with Gasteiger partial charge in [0, 0.05) is 19.0 Å². The van der Waals surface area contributed by atoms with E-state index in [1.54, 1.807) is 0 Å². The molecule has 6 nitrogen and oxygen atoms in total. The predicted molar refractivity (Wildman–Crippen MR) is 111 cm³/mol. The molecule has 2 amide bonds. The molecule has 0 aromatic heterocycles. The highest BCUT2D eigenvalue weighted by Gasteiger charge is 2.58. The van der Waals surface area contributed by atoms with E-state index in [4.69, 9.17) is 17.5 Å². The SMILES string of the molecule is CNC(=O)c1ccc2c(c1F)CC1(C)C(=O)N(c3ccc(C#N)c(C(F)(F)F)c3)C(=S)N21. The van der Waals surface area contributed by atoms with Gasteiger partial charge in [-0.15, -0.1) is 0 Å². The van der Waals surface area contributed by atoms with E-state index in [1.165, 1.54) is 43.1 Å². The Morgan fingerprint density at radius 1 is 1.28 bits per heavy atom. The van der Waals surface area contributed by atoms with E-state index in [0.717, 1.165) is 11.0 Å². The highest BCUT2D eigenvalue weighted by molar-refractivity contribution is 7.81. The maximum Gasteiger partial charge on any atom is 0.417 e. The van der Waals surface area contributed by atoms with E-state index in [-0.39, 0.29) is 34.0 Å². The lowest BCUT2D eigenvalue weighted by Gasteiger charge is -2.24. The quantitative estimate of drug-likeness (QED) is 0.546. The lowest BCUT2D eigenvalue weighted by atomic mass is 9.95. The van der Waals surface area contributed by atoms with Gasteiger partial charge in [0.25, 0.3) is 11.8 Å². The summed E-state index contributed by atoms with van der Waals surface area (Å²) in [7, 11) is 1.36. The number of fused-ring (bicyclic) bond motifs is 3. The third-order valence-corrected chi connectivity index (χ3v) is 6.04. The van der Waals surface area contributed by atoms with Gasteiger partial charge >= 0.3 is 6.18 Å². The number of amides is 2. The molecule has 2 aromatic rings. The van der Waals surface area contributed by atoms with Gasteiger partial charge in [0.1, 0.15) is 11.4 Å². The molecule has 0 bridgehead atoms. The van der Waals surface area contributed by atoms with Gasteiger partial charge in [0.15, 0.2) is 5.11 Å². The Morgan fingerprint density at radius 3 is 2.56 bits per heavy atom. The Morgan fingerprint density at radius 2 is 1.97 bits per heavy atom. The number of hydrogen-bond acceptors (Lipinski definition) is 4. The van der Waals surface area contributed by atoms with Gasteiger partial charge in [-0.3, -0.25) is 14.5 Å². The van der Waals surface area contributed by atoms with E-state index in [1.807, 2.05) is 0 Å². The summed E-state index contributed by atoms with van der Waals surface area (Å²) in [6, 6.07) is 7.09. The van der Waals surface area contributed by atoms with E-state index >= 15 is 4.39 Å². The molecule has 2 aliphatic rings.